The van der Waals surface area contributed by atoms with E-state index < -0.39 is 0 Å². The smallest absolute Gasteiger partial charge is 0.260 e. The number of anilines is 1. The maximum absolute atomic E-state index is 6.39. The highest BCUT2D eigenvalue weighted by molar-refractivity contribution is 7.80. The summed E-state index contributed by atoms with van der Waals surface area (Å²) in [5, 5.41) is 4.08. The molecule has 0 amide bonds. The van der Waals surface area contributed by atoms with Gasteiger partial charge in [-0.25, -0.2) is 0 Å². The molecule has 0 aromatic heterocycles. The molecule has 25 heavy (non-hydrogen) atoms. The average Bonchev–Trinajstić information content (AvgIpc) is 2.62. The number of hydrogen-bond acceptors (Lipinski definition) is 3. The lowest BCUT2D eigenvalue weighted by Gasteiger charge is -2.17. The van der Waals surface area contributed by atoms with Gasteiger partial charge < -0.3 is 14.8 Å². The molecule has 0 bridgehead atoms. The zero-order valence-electron chi connectivity index (χ0n) is 15.1. The molecular formula is C20H24ClNO2S. The first-order valence-corrected chi connectivity index (χ1v) is 9.16. The fourth-order valence-electron chi connectivity index (χ4n) is 2.75. The largest absolute Gasteiger partial charge is 0.487 e. The van der Waals surface area contributed by atoms with Crippen LogP contribution in [0.3, 0.4) is 0 Å². The molecule has 0 aliphatic heterocycles. The Morgan fingerprint density at radius 1 is 1.16 bits per heavy atom. The summed E-state index contributed by atoms with van der Waals surface area (Å²) < 4.78 is 11.1. The molecule has 0 radical (unpaired) electrons. The van der Waals surface area contributed by atoms with Crippen LogP contribution in [0, 0.1) is 6.92 Å². The van der Waals surface area contributed by atoms with E-state index >= 15 is 0 Å². The lowest BCUT2D eigenvalue weighted by Crippen LogP contribution is -2.14. The molecule has 0 saturated carbocycles. The van der Waals surface area contributed by atoms with Crippen molar-refractivity contribution in [1.29, 1.82) is 0 Å². The van der Waals surface area contributed by atoms with Crippen molar-refractivity contribution in [3.8, 4) is 5.75 Å². The summed E-state index contributed by atoms with van der Waals surface area (Å²) in [5.74, 6) is 0.697. The van der Waals surface area contributed by atoms with E-state index in [1.165, 1.54) is 16.7 Å². The Morgan fingerprint density at radius 2 is 1.88 bits per heavy atom. The van der Waals surface area contributed by atoms with Crippen LogP contribution in [0.4, 0.5) is 5.69 Å². The van der Waals surface area contributed by atoms with Crippen LogP contribution in [0.1, 0.15) is 36.1 Å². The van der Waals surface area contributed by atoms with E-state index in [-0.39, 0.29) is 0 Å². The number of methoxy groups -OCH3 is 1. The lowest BCUT2D eigenvalue weighted by atomic mass is 10.0. The van der Waals surface area contributed by atoms with Crippen LogP contribution in [-0.4, -0.2) is 12.3 Å². The molecule has 0 atom stereocenters. The van der Waals surface area contributed by atoms with Gasteiger partial charge in [0.15, 0.2) is 0 Å². The van der Waals surface area contributed by atoms with E-state index in [0.717, 1.165) is 24.1 Å². The topological polar surface area (TPSA) is 30.5 Å². The van der Waals surface area contributed by atoms with Crippen LogP contribution in [0.25, 0.3) is 0 Å². The van der Waals surface area contributed by atoms with Gasteiger partial charge in [-0.1, -0.05) is 37.6 Å². The Kier molecular flexibility index (Phi) is 7.09. The molecule has 0 unspecified atom stereocenters. The van der Waals surface area contributed by atoms with Gasteiger partial charge in [0.2, 0.25) is 0 Å². The summed E-state index contributed by atoms with van der Waals surface area (Å²) >= 11 is 11.5. The van der Waals surface area contributed by atoms with Gasteiger partial charge in [-0.3, -0.25) is 0 Å². The molecule has 0 heterocycles. The first-order valence-electron chi connectivity index (χ1n) is 8.37. The number of rotatable bonds is 6. The van der Waals surface area contributed by atoms with Crippen molar-refractivity contribution in [3.05, 3.63) is 57.6 Å². The molecule has 0 aliphatic carbocycles. The fourth-order valence-corrected chi connectivity index (χ4v) is 3.10. The third-order valence-electron chi connectivity index (χ3n) is 4.22. The van der Waals surface area contributed by atoms with E-state index in [0.29, 0.717) is 22.6 Å². The van der Waals surface area contributed by atoms with Crippen molar-refractivity contribution in [2.24, 2.45) is 0 Å². The van der Waals surface area contributed by atoms with Crippen LogP contribution in [0.15, 0.2) is 30.3 Å². The summed E-state index contributed by atoms with van der Waals surface area (Å²) in [7, 11) is 1.55. The molecule has 134 valence electrons. The molecular weight excluding hydrogens is 354 g/mol. The monoisotopic (exact) mass is 377 g/mol. The predicted molar refractivity (Wildman–Crippen MR) is 109 cm³/mol. The van der Waals surface area contributed by atoms with Crippen molar-refractivity contribution >= 4 is 34.7 Å². The molecule has 5 heteroatoms. The Balaban J connectivity index is 2.28. The van der Waals surface area contributed by atoms with E-state index in [4.69, 9.17) is 33.3 Å². The number of aryl methyl sites for hydroxylation is 3. The number of thiocarbonyl (C=S) groups is 1. The number of halogens is 1. The Morgan fingerprint density at radius 3 is 2.52 bits per heavy atom. The van der Waals surface area contributed by atoms with Crippen molar-refractivity contribution < 1.29 is 9.47 Å². The van der Waals surface area contributed by atoms with E-state index in [2.05, 4.69) is 32.2 Å². The van der Waals surface area contributed by atoms with Crippen molar-refractivity contribution in [1.82, 2.24) is 0 Å². The summed E-state index contributed by atoms with van der Waals surface area (Å²) in [6.45, 7) is 6.72. The van der Waals surface area contributed by atoms with Crippen molar-refractivity contribution in [2.75, 3.05) is 12.4 Å². The molecule has 3 nitrogen and oxygen atoms in total. The van der Waals surface area contributed by atoms with Crippen LogP contribution in [0.5, 0.6) is 5.75 Å². The third kappa shape index (κ3) is 4.86. The first-order chi connectivity index (χ1) is 12.0. The van der Waals surface area contributed by atoms with E-state index in [1.807, 2.05) is 24.3 Å². The summed E-state index contributed by atoms with van der Waals surface area (Å²) in [6.07, 6.45) is 1.85. The average molecular weight is 378 g/mol. The Labute approximate surface area is 160 Å². The Hall–Kier alpha value is -1.78. The highest BCUT2D eigenvalue weighted by atomic mass is 35.5. The van der Waals surface area contributed by atoms with Gasteiger partial charge in [0.25, 0.3) is 5.17 Å². The molecule has 1 N–H and O–H groups in total. The SMILES string of the molecule is CCc1cc(Cl)c(OCc2c(CC)cccc2NC(=S)OC)cc1C. The molecule has 0 aliphatic rings. The van der Waals surface area contributed by atoms with Gasteiger partial charge in [-0.2, -0.15) is 0 Å². The summed E-state index contributed by atoms with van der Waals surface area (Å²) in [5.41, 5.74) is 5.56. The van der Waals surface area contributed by atoms with Crippen LogP contribution < -0.4 is 10.1 Å². The van der Waals surface area contributed by atoms with Gasteiger partial charge in [0.05, 0.1) is 12.1 Å². The minimum atomic E-state index is 0.329. The highest BCUT2D eigenvalue weighted by Gasteiger charge is 2.12. The quantitative estimate of drug-likeness (QED) is 0.654. The molecule has 0 saturated heterocycles. The van der Waals surface area contributed by atoms with Gasteiger partial charge in [0.1, 0.15) is 12.4 Å². The van der Waals surface area contributed by atoms with Crippen LogP contribution >= 0.6 is 23.8 Å². The summed E-state index contributed by atoms with van der Waals surface area (Å²) in [4.78, 5) is 0. The summed E-state index contributed by atoms with van der Waals surface area (Å²) in [6, 6.07) is 10.0. The highest BCUT2D eigenvalue weighted by Crippen LogP contribution is 2.30. The molecule has 2 rings (SSSR count). The number of nitrogens with one attached hydrogen (secondary N) is 1. The van der Waals surface area contributed by atoms with E-state index in [1.54, 1.807) is 7.11 Å². The van der Waals surface area contributed by atoms with Gasteiger partial charge in [-0.15, -0.1) is 0 Å². The predicted octanol–water partition coefficient (Wildman–Crippen LogP) is 5.70. The van der Waals surface area contributed by atoms with Gasteiger partial charge >= 0.3 is 0 Å². The number of ether oxygens (including phenoxy) is 2. The molecule has 0 fully saturated rings. The van der Waals surface area contributed by atoms with Crippen molar-refractivity contribution in [2.45, 2.75) is 40.2 Å². The lowest BCUT2D eigenvalue weighted by molar-refractivity contribution is 0.305. The van der Waals surface area contributed by atoms with E-state index in [9.17, 15) is 0 Å². The minimum absolute atomic E-state index is 0.329. The minimum Gasteiger partial charge on any atom is -0.487 e. The normalized spacial score (nSPS) is 10.4. The maximum Gasteiger partial charge on any atom is 0.260 e. The Bertz CT molecular complexity index is 762. The second-order valence-corrected chi connectivity index (χ2v) is 6.54. The maximum atomic E-state index is 6.39. The van der Waals surface area contributed by atoms with Crippen LogP contribution in [-0.2, 0) is 24.2 Å². The number of hydrogen-bond donors (Lipinski definition) is 1. The van der Waals surface area contributed by atoms with Crippen LogP contribution in [0.2, 0.25) is 5.02 Å². The molecule has 2 aromatic carbocycles. The van der Waals surface area contributed by atoms with Gasteiger partial charge in [-0.05, 0) is 66.9 Å². The third-order valence-corrected chi connectivity index (χ3v) is 4.78. The first kappa shape index (κ1) is 19.5. The second-order valence-electron chi connectivity index (χ2n) is 5.76. The molecule has 2 aromatic rings. The van der Waals surface area contributed by atoms with Gasteiger partial charge in [0, 0.05) is 11.3 Å². The fraction of sp³-hybridized carbons (Fsp3) is 0.350. The standard InChI is InChI=1S/C20H24ClNO2S/c1-5-14-8-7-9-18(22-20(25)23-4)16(14)12-24-19-10-13(3)15(6-2)11-17(19)21/h7-11H,5-6,12H2,1-4H3,(H,22,25). The molecule has 0 spiro atoms. The van der Waals surface area contributed by atoms with Crippen molar-refractivity contribution in [3.63, 3.8) is 0 Å². The zero-order valence-corrected chi connectivity index (χ0v) is 16.7. The number of benzene rings is 2. The zero-order chi connectivity index (χ0) is 18.4. The second kappa shape index (κ2) is 9.07.